The Morgan fingerprint density at radius 3 is 1.44 bits per heavy atom. The number of rotatable bonds is 6. The van der Waals surface area contributed by atoms with Crippen molar-refractivity contribution < 1.29 is 10.0 Å². The van der Waals surface area contributed by atoms with E-state index in [0.29, 0.717) is 0 Å². The van der Waals surface area contributed by atoms with Gasteiger partial charge in [0.15, 0.2) is 0 Å². The molecule has 0 saturated heterocycles. The van der Waals surface area contributed by atoms with Gasteiger partial charge in [0, 0.05) is 84.5 Å². The lowest BCUT2D eigenvalue weighted by Crippen LogP contribution is -2.32. The molecule has 10 nitrogen and oxygen atoms in total. The Balaban J connectivity index is 0.000000123. The number of hydrogen-bond donors (Lipinski definition) is 2. The first-order valence-corrected chi connectivity index (χ1v) is 27.6. The molecule has 2 N–H and O–H groups in total. The van der Waals surface area contributed by atoms with E-state index in [0.717, 1.165) is 76.9 Å². The molecule has 388 valence electrons. The van der Waals surface area contributed by atoms with Crippen molar-refractivity contribution in [3.63, 3.8) is 0 Å². The minimum Gasteiger partial charge on any atom is -0.422 e. The van der Waals surface area contributed by atoms with Gasteiger partial charge in [0.2, 0.25) is 0 Å². The van der Waals surface area contributed by atoms with E-state index in [9.17, 15) is 0 Å². The lowest BCUT2D eigenvalue weighted by atomic mass is 9.85. The Hall–Kier alpha value is -10.2. The number of benzene rings is 8. The van der Waals surface area contributed by atoms with E-state index in [2.05, 4.69) is 198 Å². The third kappa shape index (κ3) is 9.36. The van der Waals surface area contributed by atoms with Gasteiger partial charge < -0.3 is 19.2 Å². The van der Waals surface area contributed by atoms with Crippen LogP contribution in [0.2, 0.25) is 0 Å². The second kappa shape index (κ2) is 21.4. The van der Waals surface area contributed by atoms with Gasteiger partial charge in [0.05, 0.1) is 74.0 Å². The van der Waals surface area contributed by atoms with E-state index in [4.69, 9.17) is 25.0 Å². The van der Waals surface area contributed by atoms with Crippen LogP contribution in [0.3, 0.4) is 0 Å². The molecule has 0 bridgehead atoms. The van der Waals surface area contributed by atoms with Crippen molar-refractivity contribution in [2.45, 2.75) is 0 Å². The van der Waals surface area contributed by atoms with E-state index in [1.165, 1.54) is 59.5 Å². The maximum Gasteiger partial charge on any atom is 0.508 e. The number of para-hydroxylation sites is 1. The zero-order valence-electron chi connectivity index (χ0n) is 43.8. The number of hydrogen-bond acceptors (Lipinski definition) is 8. The first-order chi connectivity index (χ1) is 40.4. The molecule has 82 heavy (non-hydrogen) atoms. The summed E-state index contributed by atoms with van der Waals surface area (Å²) in [5.74, 6) is 0. The third-order valence-electron chi connectivity index (χ3n) is 15.0. The van der Waals surface area contributed by atoms with Gasteiger partial charge in [-0.3, -0.25) is 29.9 Å². The van der Waals surface area contributed by atoms with Crippen LogP contribution >= 0.6 is 15.9 Å². The van der Waals surface area contributed by atoms with Crippen molar-refractivity contribution >= 4 is 115 Å². The molecule has 0 atom stereocenters. The van der Waals surface area contributed by atoms with Gasteiger partial charge in [-0.25, -0.2) is 0 Å². The van der Waals surface area contributed by atoms with E-state index in [-0.39, 0.29) is 5.59 Å². The minimum atomic E-state index is -1.50. The summed E-state index contributed by atoms with van der Waals surface area (Å²) in [7, 11) is -1.50. The number of fused-ring (bicyclic) bond motifs is 12. The second-order valence-corrected chi connectivity index (χ2v) is 20.8. The lowest BCUT2D eigenvalue weighted by molar-refractivity contribution is 0.424. The fraction of sp³-hybridized carbons (Fsp3) is 0. The normalized spacial score (nSPS) is 11.4. The molecule has 16 rings (SSSR count). The molecule has 0 amide bonds. The molecule has 12 heteroatoms. The van der Waals surface area contributed by atoms with Gasteiger partial charge in [-0.15, -0.1) is 0 Å². The van der Waals surface area contributed by atoms with Gasteiger partial charge in [-0.2, -0.15) is 0 Å². The van der Waals surface area contributed by atoms with E-state index < -0.39 is 7.12 Å². The molecule has 0 saturated carbocycles. The SMILES string of the molecule is Brc1ccc2c(c1)c1c3ccccc3ccc1n2-c1ccc(-c2cccnc2)nc1.OB(O)c1ccc2ccccc2n1.c1cncc(-c2ccc(-n3c4ccc(-c5cc6ccccc6cn5)cc4c4c5ccccc5ccc43)cn2)c1. The average Bonchev–Trinajstić information content (AvgIpc) is 4.26. The van der Waals surface area contributed by atoms with Crippen LogP contribution in [0.1, 0.15) is 0 Å². The molecule has 8 aromatic carbocycles. The summed E-state index contributed by atoms with van der Waals surface area (Å²) in [5.41, 5.74) is 13.7. The Bertz CT molecular complexity index is 5040. The number of pyridine rings is 6. The zero-order chi connectivity index (χ0) is 55.1. The summed E-state index contributed by atoms with van der Waals surface area (Å²) in [4.78, 5) is 26.9. The van der Waals surface area contributed by atoms with Crippen LogP contribution in [0.5, 0.6) is 0 Å². The molecule has 8 aromatic heterocycles. The summed E-state index contributed by atoms with van der Waals surface area (Å²) in [6.45, 7) is 0. The molecule has 0 aliphatic carbocycles. The van der Waals surface area contributed by atoms with Gasteiger partial charge in [-0.1, -0.05) is 131 Å². The average molecular weight is 1120 g/mol. The Labute approximate surface area is 479 Å². The molecule has 8 heterocycles. The maximum absolute atomic E-state index is 8.88. The van der Waals surface area contributed by atoms with Crippen LogP contribution in [-0.4, -0.2) is 56.2 Å². The van der Waals surface area contributed by atoms with Crippen LogP contribution in [-0.2, 0) is 0 Å². The van der Waals surface area contributed by atoms with Crippen LogP contribution in [0.15, 0.2) is 272 Å². The summed E-state index contributed by atoms with van der Waals surface area (Å²) in [6, 6.07) is 77.0. The quantitative estimate of drug-likeness (QED) is 0.158. The lowest BCUT2D eigenvalue weighted by Gasteiger charge is -2.09. The zero-order valence-corrected chi connectivity index (χ0v) is 45.4. The summed E-state index contributed by atoms with van der Waals surface area (Å²) >= 11 is 3.66. The van der Waals surface area contributed by atoms with E-state index in [1.807, 2.05) is 91.6 Å². The van der Waals surface area contributed by atoms with Gasteiger partial charge in [-0.05, 0) is 136 Å². The number of nitrogens with zero attached hydrogens (tertiary/aromatic N) is 8. The van der Waals surface area contributed by atoms with Crippen LogP contribution in [0.25, 0.3) is 132 Å². The summed E-state index contributed by atoms with van der Waals surface area (Å²) in [5, 5.41) is 31.0. The molecule has 0 spiro atoms. The highest BCUT2D eigenvalue weighted by Gasteiger charge is 2.19. The monoisotopic (exact) mass is 1120 g/mol. The number of aromatic nitrogens is 8. The Kier molecular flexibility index (Phi) is 13.1. The predicted molar refractivity (Wildman–Crippen MR) is 339 cm³/mol. The van der Waals surface area contributed by atoms with Crippen molar-refractivity contribution in [2.75, 3.05) is 0 Å². The highest BCUT2D eigenvalue weighted by atomic mass is 79.9. The molecule has 0 radical (unpaired) electrons. The second-order valence-electron chi connectivity index (χ2n) is 19.9. The maximum atomic E-state index is 8.88. The van der Waals surface area contributed by atoms with Crippen molar-refractivity contribution in [2.24, 2.45) is 0 Å². The van der Waals surface area contributed by atoms with Gasteiger partial charge in [0.25, 0.3) is 0 Å². The molecule has 0 fully saturated rings. The Morgan fingerprint density at radius 1 is 0.354 bits per heavy atom. The van der Waals surface area contributed by atoms with E-state index in [1.54, 1.807) is 18.5 Å². The first-order valence-electron chi connectivity index (χ1n) is 26.8. The molecule has 16 aromatic rings. The number of halogens is 1. The summed E-state index contributed by atoms with van der Waals surface area (Å²) in [6.07, 6.45) is 13.1. The largest absolute Gasteiger partial charge is 0.508 e. The minimum absolute atomic E-state index is 0.277. The van der Waals surface area contributed by atoms with Crippen LogP contribution < -0.4 is 5.59 Å². The fourth-order valence-corrected chi connectivity index (χ4v) is 11.5. The summed E-state index contributed by atoms with van der Waals surface area (Å²) < 4.78 is 5.69. The highest BCUT2D eigenvalue weighted by molar-refractivity contribution is 9.10. The van der Waals surface area contributed by atoms with Gasteiger partial charge >= 0.3 is 7.12 Å². The molecule has 0 unspecified atom stereocenters. The van der Waals surface area contributed by atoms with Crippen molar-refractivity contribution in [1.82, 2.24) is 39.0 Å². The molecule has 0 aliphatic rings. The van der Waals surface area contributed by atoms with Crippen LogP contribution in [0.4, 0.5) is 0 Å². The molecular weight excluding hydrogens is 1080 g/mol. The third-order valence-corrected chi connectivity index (χ3v) is 15.5. The predicted octanol–water partition coefficient (Wildman–Crippen LogP) is 15.7. The molecule has 0 aliphatic heterocycles. The van der Waals surface area contributed by atoms with Crippen LogP contribution in [0, 0.1) is 0 Å². The topological polar surface area (TPSA) is 128 Å². The fourth-order valence-electron chi connectivity index (χ4n) is 11.1. The van der Waals surface area contributed by atoms with Crippen molar-refractivity contribution in [3.05, 3.63) is 272 Å². The van der Waals surface area contributed by atoms with Crippen molar-refractivity contribution in [3.8, 4) is 45.1 Å². The van der Waals surface area contributed by atoms with Crippen molar-refractivity contribution in [1.29, 1.82) is 0 Å². The first kappa shape index (κ1) is 50.0. The molecular formula is C70H46BBrN8O2. The Morgan fingerprint density at radius 2 is 0.866 bits per heavy atom. The van der Waals surface area contributed by atoms with Gasteiger partial charge in [0.1, 0.15) is 0 Å². The van der Waals surface area contributed by atoms with E-state index >= 15 is 0 Å². The smallest absolute Gasteiger partial charge is 0.422 e. The standard InChI is InChI=1S/C35H22N4.C26H16BrN3.C9H8BNO2/c1-2-8-26-21-37-32(19-24(26)7-1)25-12-15-33-30(18-25)35-29-10-4-3-6-23(29)11-16-34(35)39(33)28-13-14-31(38-22-28)27-9-5-17-36-20-27;27-19-8-12-24-22(14-19)26-21-6-2-1-4-17(21)7-11-25(26)30(24)20-9-10-23(29-16-20)18-5-3-13-28-15-18;12-10(13)9-6-5-7-3-1-2-4-8(7)11-9/h1-22H;1-16H;1-6,12-13H. The highest BCUT2D eigenvalue weighted by Crippen LogP contribution is 2.40.